The smallest absolute Gasteiger partial charge is 0.307 e. The molecule has 0 aromatic heterocycles. The van der Waals surface area contributed by atoms with Crippen LogP contribution in [-0.4, -0.2) is 43.1 Å². The van der Waals surface area contributed by atoms with Crippen LogP contribution >= 0.6 is 0 Å². The summed E-state index contributed by atoms with van der Waals surface area (Å²) in [6.45, 7) is 2.53. The fourth-order valence-corrected chi connectivity index (χ4v) is 2.26. The Morgan fingerprint density at radius 1 is 1.29 bits per heavy atom. The van der Waals surface area contributed by atoms with Crippen LogP contribution < -0.4 is 4.74 Å². The van der Waals surface area contributed by atoms with Crippen molar-refractivity contribution in [3.8, 4) is 5.75 Å². The second kappa shape index (κ2) is 7.11. The highest BCUT2D eigenvalue weighted by Gasteiger charge is 2.34. The molecule has 0 spiro atoms. The number of hydrogen-bond acceptors (Lipinski definition) is 4. The molecular formula is C16H21NO4. The fraction of sp³-hybridized carbons (Fsp3) is 0.500. The average Bonchev–Trinajstić information content (AvgIpc) is 3.32. The first kappa shape index (κ1) is 15.4. The molecule has 114 valence electrons. The van der Waals surface area contributed by atoms with Gasteiger partial charge < -0.3 is 14.4 Å². The first-order valence-corrected chi connectivity index (χ1v) is 7.27. The summed E-state index contributed by atoms with van der Waals surface area (Å²) >= 11 is 0. The molecule has 0 saturated heterocycles. The van der Waals surface area contributed by atoms with Gasteiger partial charge in [0.25, 0.3) is 5.91 Å². The van der Waals surface area contributed by atoms with Crippen LogP contribution in [0.15, 0.2) is 24.3 Å². The van der Waals surface area contributed by atoms with Gasteiger partial charge in [-0.1, -0.05) is 12.1 Å². The zero-order valence-corrected chi connectivity index (χ0v) is 12.5. The molecule has 1 aliphatic rings. The van der Waals surface area contributed by atoms with Gasteiger partial charge in [0.05, 0.1) is 25.7 Å². The molecule has 1 fully saturated rings. The number of carbonyl (C=O) groups is 2. The van der Waals surface area contributed by atoms with Gasteiger partial charge in [0, 0.05) is 12.6 Å². The predicted octanol–water partition coefficient (Wildman–Crippen LogP) is 2.25. The Bertz CT molecular complexity index is 511. The topological polar surface area (TPSA) is 55.8 Å². The van der Waals surface area contributed by atoms with Crippen molar-refractivity contribution in [1.29, 1.82) is 0 Å². The Kier molecular flexibility index (Phi) is 5.20. The van der Waals surface area contributed by atoms with E-state index in [1.54, 1.807) is 31.1 Å². The number of carbonyl (C=O) groups excluding carboxylic acids is 2. The Labute approximate surface area is 124 Å². The van der Waals surface area contributed by atoms with E-state index < -0.39 is 0 Å². The summed E-state index contributed by atoms with van der Waals surface area (Å²) in [4.78, 5) is 25.9. The molecule has 0 atom stereocenters. The zero-order chi connectivity index (χ0) is 15.2. The SMILES string of the molecule is CCOC(=O)CCN(C(=O)c1ccccc1OC)C1CC1. The summed E-state index contributed by atoms with van der Waals surface area (Å²) in [7, 11) is 1.55. The number of hydrogen-bond donors (Lipinski definition) is 0. The molecule has 0 radical (unpaired) electrons. The predicted molar refractivity (Wildman–Crippen MR) is 78.3 cm³/mol. The normalized spacial score (nSPS) is 13.6. The van der Waals surface area contributed by atoms with Gasteiger partial charge in [0.2, 0.25) is 0 Å². The molecule has 5 heteroatoms. The molecule has 21 heavy (non-hydrogen) atoms. The van der Waals surface area contributed by atoms with Crippen LogP contribution in [0.3, 0.4) is 0 Å². The molecule has 0 bridgehead atoms. The molecule has 0 heterocycles. The maximum atomic E-state index is 12.7. The second-order valence-corrected chi connectivity index (χ2v) is 4.99. The minimum Gasteiger partial charge on any atom is -0.496 e. The molecule has 5 nitrogen and oxygen atoms in total. The Balaban J connectivity index is 2.07. The third kappa shape index (κ3) is 3.97. The molecular weight excluding hydrogens is 270 g/mol. The summed E-state index contributed by atoms with van der Waals surface area (Å²) in [5.41, 5.74) is 0.538. The van der Waals surface area contributed by atoms with Gasteiger partial charge in [-0.25, -0.2) is 0 Å². The Morgan fingerprint density at radius 3 is 2.62 bits per heavy atom. The quantitative estimate of drug-likeness (QED) is 0.723. The van der Waals surface area contributed by atoms with E-state index in [0.29, 0.717) is 24.5 Å². The van der Waals surface area contributed by atoms with Crippen LogP contribution in [0.5, 0.6) is 5.75 Å². The number of rotatable bonds is 7. The summed E-state index contributed by atoms with van der Waals surface area (Å²) in [6, 6.07) is 7.39. The highest BCUT2D eigenvalue weighted by atomic mass is 16.5. The van der Waals surface area contributed by atoms with Gasteiger partial charge in [-0.05, 0) is 31.9 Å². The maximum Gasteiger partial charge on any atom is 0.307 e. The number of amides is 1. The number of nitrogens with zero attached hydrogens (tertiary/aromatic N) is 1. The standard InChI is InChI=1S/C16H21NO4/c1-3-21-15(18)10-11-17(12-8-9-12)16(19)13-6-4-5-7-14(13)20-2/h4-7,12H,3,8-11H2,1-2H3. The van der Waals surface area contributed by atoms with Gasteiger partial charge in [0.1, 0.15) is 5.75 Å². The zero-order valence-electron chi connectivity index (χ0n) is 12.5. The lowest BCUT2D eigenvalue weighted by molar-refractivity contribution is -0.143. The lowest BCUT2D eigenvalue weighted by Crippen LogP contribution is -2.35. The maximum absolute atomic E-state index is 12.7. The van der Waals surface area contributed by atoms with E-state index in [4.69, 9.17) is 9.47 Å². The lowest BCUT2D eigenvalue weighted by atomic mass is 10.1. The second-order valence-electron chi connectivity index (χ2n) is 4.99. The molecule has 0 unspecified atom stereocenters. The van der Waals surface area contributed by atoms with Gasteiger partial charge in [-0.2, -0.15) is 0 Å². The van der Waals surface area contributed by atoms with Crippen molar-refractivity contribution in [3.63, 3.8) is 0 Å². The van der Waals surface area contributed by atoms with Crippen molar-refractivity contribution in [2.45, 2.75) is 32.2 Å². The van der Waals surface area contributed by atoms with Crippen molar-refractivity contribution < 1.29 is 19.1 Å². The number of benzene rings is 1. The van der Waals surface area contributed by atoms with Crippen molar-refractivity contribution in [3.05, 3.63) is 29.8 Å². The first-order chi connectivity index (χ1) is 10.2. The van der Waals surface area contributed by atoms with Gasteiger partial charge in [0.15, 0.2) is 0 Å². The largest absolute Gasteiger partial charge is 0.496 e. The number of methoxy groups -OCH3 is 1. The van der Waals surface area contributed by atoms with Crippen molar-refractivity contribution in [2.24, 2.45) is 0 Å². The number of ether oxygens (including phenoxy) is 2. The highest BCUT2D eigenvalue weighted by molar-refractivity contribution is 5.97. The van der Waals surface area contributed by atoms with E-state index in [1.165, 1.54) is 0 Å². The molecule has 1 amide bonds. The van der Waals surface area contributed by atoms with E-state index in [-0.39, 0.29) is 24.3 Å². The average molecular weight is 291 g/mol. The summed E-state index contributed by atoms with van der Waals surface area (Å²) < 4.78 is 10.2. The number of para-hydroxylation sites is 1. The lowest BCUT2D eigenvalue weighted by Gasteiger charge is -2.23. The molecule has 1 aromatic rings. The van der Waals surface area contributed by atoms with Crippen LogP contribution in [-0.2, 0) is 9.53 Å². The highest BCUT2D eigenvalue weighted by Crippen LogP contribution is 2.30. The molecule has 0 aliphatic heterocycles. The van der Waals surface area contributed by atoms with E-state index >= 15 is 0 Å². The van der Waals surface area contributed by atoms with Crippen LogP contribution in [0.4, 0.5) is 0 Å². The van der Waals surface area contributed by atoms with Gasteiger partial charge in [-0.15, -0.1) is 0 Å². The van der Waals surface area contributed by atoms with E-state index in [1.807, 2.05) is 12.1 Å². The monoisotopic (exact) mass is 291 g/mol. The molecule has 1 aromatic carbocycles. The summed E-state index contributed by atoms with van der Waals surface area (Å²) in [6.07, 6.45) is 2.21. The minimum atomic E-state index is -0.268. The van der Waals surface area contributed by atoms with Crippen molar-refractivity contribution in [2.75, 3.05) is 20.3 Å². The van der Waals surface area contributed by atoms with E-state index in [9.17, 15) is 9.59 Å². The van der Waals surface area contributed by atoms with Crippen LogP contribution in [0.25, 0.3) is 0 Å². The van der Waals surface area contributed by atoms with Crippen LogP contribution in [0, 0.1) is 0 Å². The molecule has 0 N–H and O–H groups in total. The third-order valence-corrected chi connectivity index (χ3v) is 3.45. The Morgan fingerprint density at radius 2 is 2.00 bits per heavy atom. The fourth-order valence-electron chi connectivity index (χ4n) is 2.26. The van der Waals surface area contributed by atoms with Gasteiger partial charge in [-0.3, -0.25) is 9.59 Å². The summed E-state index contributed by atoms with van der Waals surface area (Å²) in [5.74, 6) is 0.208. The first-order valence-electron chi connectivity index (χ1n) is 7.27. The Hall–Kier alpha value is -2.04. The van der Waals surface area contributed by atoms with E-state index in [0.717, 1.165) is 12.8 Å². The van der Waals surface area contributed by atoms with Crippen molar-refractivity contribution >= 4 is 11.9 Å². The molecule has 1 saturated carbocycles. The molecule has 1 aliphatic carbocycles. The van der Waals surface area contributed by atoms with Crippen LogP contribution in [0.1, 0.15) is 36.5 Å². The minimum absolute atomic E-state index is 0.0840. The third-order valence-electron chi connectivity index (χ3n) is 3.45. The van der Waals surface area contributed by atoms with Crippen molar-refractivity contribution in [1.82, 2.24) is 4.90 Å². The van der Waals surface area contributed by atoms with Crippen LogP contribution in [0.2, 0.25) is 0 Å². The van der Waals surface area contributed by atoms with E-state index in [2.05, 4.69) is 0 Å². The summed E-state index contributed by atoms with van der Waals surface area (Å²) in [5, 5.41) is 0. The van der Waals surface area contributed by atoms with Gasteiger partial charge >= 0.3 is 5.97 Å². The number of esters is 1. The molecule has 2 rings (SSSR count).